The average molecular weight is 599 g/mol. The predicted octanol–water partition coefficient (Wildman–Crippen LogP) is 5.71. The lowest BCUT2D eigenvalue weighted by molar-refractivity contribution is -0.127. The molecule has 10 heteroatoms. The number of carbonyl (C=O) groups is 2. The molecule has 1 aromatic heterocycles. The molecule has 0 bridgehead atoms. The Bertz CT molecular complexity index is 1570. The minimum Gasteiger partial charge on any atom is -0.496 e. The van der Waals surface area contributed by atoms with Crippen molar-refractivity contribution in [2.75, 3.05) is 49.6 Å². The molecule has 0 unspecified atom stereocenters. The number of halogens is 1. The van der Waals surface area contributed by atoms with Gasteiger partial charge < -0.3 is 14.5 Å². The zero-order chi connectivity index (χ0) is 30.1. The summed E-state index contributed by atoms with van der Waals surface area (Å²) in [7, 11) is 1.52. The van der Waals surface area contributed by atoms with Crippen LogP contribution in [-0.2, 0) is 11.3 Å². The average Bonchev–Trinajstić information content (AvgIpc) is 3.64. The van der Waals surface area contributed by atoms with Gasteiger partial charge in [-0.2, -0.15) is 5.26 Å². The number of likely N-dealkylation sites (tertiary alicyclic amines) is 1. The molecular formula is C33H35ClN6O3. The lowest BCUT2D eigenvalue weighted by Crippen LogP contribution is -2.56. The number of anilines is 2. The topological polar surface area (TPSA) is 93.0 Å². The number of ether oxygens (including phenoxy) is 1. The number of amides is 3. The van der Waals surface area contributed by atoms with E-state index in [9.17, 15) is 14.9 Å². The molecule has 2 aromatic carbocycles. The lowest BCUT2D eigenvalue weighted by Gasteiger charge is -2.42. The van der Waals surface area contributed by atoms with Gasteiger partial charge in [0.05, 0.1) is 17.8 Å². The summed E-state index contributed by atoms with van der Waals surface area (Å²) in [5, 5.41) is 9.53. The molecule has 4 heterocycles. The van der Waals surface area contributed by atoms with Gasteiger partial charge >= 0.3 is 6.03 Å². The number of carbonyl (C=O) groups excluding carboxylic acids is 2. The fourth-order valence-corrected chi connectivity index (χ4v) is 6.99. The number of methoxy groups -OCH3 is 1. The fraction of sp³-hybridized carbons (Fsp3) is 0.394. The van der Waals surface area contributed by atoms with Gasteiger partial charge in [-0.3, -0.25) is 9.69 Å². The van der Waals surface area contributed by atoms with Gasteiger partial charge in [-0.25, -0.2) is 14.7 Å². The summed E-state index contributed by atoms with van der Waals surface area (Å²) in [5.41, 5.74) is 3.50. The van der Waals surface area contributed by atoms with Crippen molar-refractivity contribution in [3.63, 3.8) is 0 Å². The van der Waals surface area contributed by atoms with Crippen LogP contribution >= 0.6 is 11.6 Å². The van der Waals surface area contributed by atoms with Gasteiger partial charge in [0.1, 0.15) is 23.1 Å². The summed E-state index contributed by atoms with van der Waals surface area (Å²) in [6, 6.07) is 17.2. The molecule has 0 saturated carbocycles. The Kier molecular flexibility index (Phi) is 7.99. The third-order valence-corrected chi connectivity index (χ3v) is 9.35. The number of imide groups is 1. The number of urea groups is 1. The molecular weight excluding hydrogens is 564 g/mol. The quantitative estimate of drug-likeness (QED) is 0.322. The summed E-state index contributed by atoms with van der Waals surface area (Å²) in [6.45, 7) is 6.79. The van der Waals surface area contributed by atoms with E-state index in [1.165, 1.54) is 36.1 Å². The highest BCUT2D eigenvalue weighted by molar-refractivity contribution is 6.36. The second kappa shape index (κ2) is 11.9. The summed E-state index contributed by atoms with van der Waals surface area (Å²) < 4.78 is 5.66. The number of pyridine rings is 1. The van der Waals surface area contributed by atoms with Gasteiger partial charge in [0.15, 0.2) is 0 Å². The number of likely N-dealkylation sites (N-methyl/N-ethyl adjacent to an activating group) is 1. The Morgan fingerprint density at radius 2 is 1.74 bits per heavy atom. The Hall–Kier alpha value is -4.13. The first-order valence-corrected chi connectivity index (χ1v) is 15.2. The number of rotatable bonds is 7. The first-order chi connectivity index (χ1) is 20.9. The standard InChI is InChI=1S/C33H35ClN6O3/c1-3-39-32(42)40(29-20-30(43-2)27(19-28(29)34)24-10-13-36-25(18-24)21-35)31(41)33(39)11-16-37(17-12-33)22-23-6-8-26(9-7-23)38-14-4-5-15-38/h6-10,13,18-20H,3-5,11-12,14-17,22H2,1-2H3. The molecule has 3 aliphatic heterocycles. The van der Waals surface area contributed by atoms with Crippen LogP contribution in [0.25, 0.3) is 11.1 Å². The minimum absolute atomic E-state index is 0.246. The van der Waals surface area contributed by atoms with Crippen LogP contribution < -0.4 is 14.5 Å². The van der Waals surface area contributed by atoms with Crippen LogP contribution in [0.4, 0.5) is 16.2 Å². The van der Waals surface area contributed by atoms with Crippen LogP contribution in [0.1, 0.15) is 43.9 Å². The normalized spacial score (nSPS) is 18.5. The molecule has 43 heavy (non-hydrogen) atoms. The number of nitriles is 1. The van der Waals surface area contributed by atoms with Crippen LogP contribution in [0.3, 0.4) is 0 Å². The Balaban J connectivity index is 1.21. The van der Waals surface area contributed by atoms with E-state index in [1.807, 2.05) is 13.0 Å². The molecule has 6 rings (SSSR count). The first-order valence-electron chi connectivity index (χ1n) is 14.8. The summed E-state index contributed by atoms with van der Waals surface area (Å²) in [6.07, 6.45) is 5.15. The second-order valence-electron chi connectivity index (χ2n) is 11.4. The van der Waals surface area contributed by atoms with Crippen molar-refractivity contribution in [1.29, 1.82) is 5.26 Å². The van der Waals surface area contributed by atoms with Crippen molar-refractivity contribution in [2.45, 2.75) is 44.7 Å². The number of hydrogen-bond donors (Lipinski definition) is 0. The molecule has 3 amide bonds. The zero-order valence-electron chi connectivity index (χ0n) is 24.6. The molecule has 3 aliphatic rings. The smallest absolute Gasteiger partial charge is 0.332 e. The van der Waals surface area contributed by atoms with E-state index in [2.05, 4.69) is 39.0 Å². The number of piperidine rings is 1. The minimum atomic E-state index is -0.913. The van der Waals surface area contributed by atoms with Crippen molar-refractivity contribution >= 4 is 34.9 Å². The fourth-order valence-electron chi connectivity index (χ4n) is 6.74. The summed E-state index contributed by atoms with van der Waals surface area (Å²) >= 11 is 6.76. The maximum Gasteiger partial charge on any atom is 0.332 e. The van der Waals surface area contributed by atoms with Gasteiger partial charge in [0.25, 0.3) is 5.91 Å². The Morgan fingerprint density at radius 3 is 2.40 bits per heavy atom. The molecule has 3 aromatic rings. The van der Waals surface area contributed by atoms with Crippen molar-refractivity contribution in [3.05, 3.63) is 71.0 Å². The maximum atomic E-state index is 14.2. The molecule has 0 aliphatic carbocycles. The van der Waals surface area contributed by atoms with Crippen molar-refractivity contribution in [3.8, 4) is 22.9 Å². The van der Waals surface area contributed by atoms with Crippen molar-refractivity contribution in [1.82, 2.24) is 14.8 Å². The summed E-state index contributed by atoms with van der Waals surface area (Å²) in [5.74, 6) is 0.186. The highest BCUT2D eigenvalue weighted by Crippen LogP contribution is 2.45. The van der Waals surface area contributed by atoms with Crippen LogP contribution in [0, 0.1) is 11.3 Å². The second-order valence-corrected chi connectivity index (χ2v) is 11.8. The van der Waals surface area contributed by atoms with E-state index < -0.39 is 5.54 Å². The lowest BCUT2D eigenvalue weighted by atomic mass is 9.85. The van der Waals surface area contributed by atoms with Gasteiger partial charge in [-0.1, -0.05) is 23.7 Å². The number of aromatic nitrogens is 1. The molecule has 222 valence electrons. The molecule has 0 atom stereocenters. The number of benzene rings is 2. The third kappa shape index (κ3) is 5.19. The molecule has 9 nitrogen and oxygen atoms in total. The third-order valence-electron chi connectivity index (χ3n) is 9.05. The van der Waals surface area contributed by atoms with Gasteiger partial charge in [0.2, 0.25) is 0 Å². The van der Waals surface area contributed by atoms with Gasteiger partial charge in [-0.05, 0) is 74.1 Å². The number of hydrogen-bond acceptors (Lipinski definition) is 7. The maximum absolute atomic E-state index is 14.2. The SMILES string of the molecule is CCN1C(=O)N(c2cc(OC)c(-c3ccnc(C#N)c3)cc2Cl)C(=O)C12CCN(Cc1ccc(N3CCCC3)cc1)CC2. The Morgan fingerprint density at radius 1 is 1.02 bits per heavy atom. The predicted molar refractivity (Wildman–Crippen MR) is 166 cm³/mol. The monoisotopic (exact) mass is 598 g/mol. The Labute approximate surface area is 257 Å². The molecule has 0 radical (unpaired) electrons. The van der Waals surface area contributed by atoms with E-state index in [0.717, 1.165) is 19.6 Å². The van der Waals surface area contributed by atoms with Gasteiger partial charge in [-0.15, -0.1) is 0 Å². The van der Waals surface area contributed by atoms with Crippen LogP contribution in [0.15, 0.2) is 54.7 Å². The molecule has 1 spiro atoms. The first kappa shape index (κ1) is 29.0. The zero-order valence-corrected chi connectivity index (χ0v) is 25.3. The molecule has 3 saturated heterocycles. The van der Waals surface area contributed by atoms with Crippen LogP contribution in [-0.4, -0.2) is 72.1 Å². The van der Waals surface area contributed by atoms with E-state index >= 15 is 0 Å². The van der Waals surface area contributed by atoms with Gasteiger partial charge in [0, 0.05) is 62.8 Å². The van der Waals surface area contributed by atoms with E-state index in [-0.39, 0.29) is 22.7 Å². The highest BCUT2D eigenvalue weighted by atomic mass is 35.5. The van der Waals surface area contributed by atoms with E-state index in [1.54, 1.807) is 35.4 Å². The van der Waals surface area contributed by atoms with Crippen molar-refractivity contribution < 1.29 is 14.3 Å². The summed E-state index contributed by atoms with van der Waals surface area (Å²) in [4.78, 5) is 39.7. The number of nitrogens with zero attached hydrogens (tertiary/aromatic N) is 6. The highest BCUT2D eigenvalue weighted by Gasteiger charge is 2.58. The molecule has 0 N–H and O–H groups in total. The molecule has 3 fully saturated rings. The van der Waals surface area contributed by atoms with Crippen LogP contribution in [0.5, 0.6) is 5.75 Å². The van der Waals surface area contributed by atoms with E-state index in [0.29, 0.717) is 55.0 Å². The van der Waals surface area contributed by atoms with Crippen molar-refractivity contribution in [2.24, 2.45) is 0 Å². The largest absolute Gasteiger partial charge is 0.496 e. The van der Waals surface area contributed by atoms with Crippen LogP contribution in [0.2, 0.25) is 5.02 Å². The van der Waals surface area contributed by atoms with E-state index in [4.69, 9.17) is 16.3 Å².